The lowest BCUT2D eigenvalue weighted by Gasteiger charge is -2.35. The molecule has 4 rings (SSSR count). The maximum absolute atomic E-state index is 13.1. The summed E-state index contributed by atoms with van der Waals surface area (Å²) in [5.74, 6) is 3.14. The van der Waals surface area contributed by atoms with Gasteiger partial charge in [0.05, 0.1) is 21.3 Å². The fourth-order valence-electron chi connectivity index (χ4n) is 4.09. The van der Waals surface area contributed by atoms with Crippen LogP contribution < -0.4 is 23.7 Å². The Balaban J connectivity index is 1.69. The third-order valence-corrected chi connectivity index (χ3v) is 5.63. The largest absolute Gasteiger partial charge is 0.493 e. The van der Waals surface area contributed by atoms with E-state index in [1.807, 2.05) is 13.1 Å². The number of carbonyl (C=O) groups is 1. The summed E-state index contributed by atoms with van der Waals surface area (Å²) in [6.45, 7) is 1.03. The highest BCUT2D eigenvalue weighted by Gasteiger charge is 2.35. The number of ketones is 1. The first-order valence-electron chi connectivity index (χ1n) is 9.52. The van der Waals surface area contributed by atoms with E-state index in [0.29, 0.717) is 40.7 Å². The second-order valence-electron chi connectivity index (χ2n) is 7.16. The van der Waals surface area contributed by atoms with Crippen LogP contribution in [0, 0.1) is 0 Å². The average Bonchev–Trinajstić information content (AvgIpc) is 3.21. The summed E-state index contributed by atoms with van der Waals surface area (Å²) in [6, 6.07) is 7.14. The molecule has 0 aliphatic carbocycles. The highest BCUT2D eigenvalue weighted by molar-refractivity contribution is 5.97. The Morgan fingerprint density at radius 1 is 1.10 bits per heavy atom. The lowest BCUT2D eigenvalue weighted by molar-refractivity contribution is 0.0925. The summed E-state index contributed by atoms with van der Waals surface area (Å²) in [7, 11) is 6.79. The summed E-state index contributed by atoms with van der Waals surface area (Å²) in [4.78, 5) is 15.3. The number of nitrogens with zero attached hydrogens (tertiary/aromatic N) is 1. The molecule has 0 saturated heterocycles. The van der Waals surface area contributed by atoms with E-state index in [1.54, 1.807) is 39.5 Å². The summed E-state index contributed by atoms with van der Waals surface area (Å²) < 4.78 is 27.5. The van der Waals surface area contributed by atoms with E-state index in [1.165, 1.54) is 0 Å². The number of hydrogen-bond donors (Lipinski definition) is 0. The van der Waals surface area contributed by atoms with Gasteiger partial charge in [0, 0.05) is 30.1 Å². The topological polar surface area (TPSA) is 66.5 Å². The molecule has 2 aromatic rings. The zero-order valence-electron chi connectivity index (χ0n) is 17.1. The van der Waals surface area contributed by atoms with Gasteiger partial charge in [-0.2, -0.15) is 0 Å². The molecule has 2 aliphatic rings. The number of fused-ring (bicyclic) bond motifs is 2. The van der Waals surface area contributed by atoms with Crippen LogP contribution in [0.3, 0.4) is 0 Å². The van der Waals surface area contributed by atoms with Gasteiger partial charge >= 0.3 is 0 Å². The van der Waals surface area contributed by atoms with E-state index >= 15 is 0 Å². The van der Waals surface area contributed by atoms with Crippen LogP contribution in [0.25, 0.3) is 0 Å². The van der Waals surface area contributed by atoms with Gasteiger partial charge in [-0.25, -0.2) is 0 Å². The Morgan fingerprint density at radius 2 is 1.90 bits per heavy atom. The number of rotatable bonds is 6. The number of hydrogen-bond acceptors (Lipinski definition) is 7. The Bertz CT molecular complexity index is 941. The first kappa shape index (κ1) is 19.4. The van der Waals surface area contributed by atoms with E-state index in [-0.39, 0.29) is 18.6 Å². The molecule has 154 valence electrons. The molecule has 7 heteroatoms. The predicted molar refractivity (Wildman–Crippen MR) is 107 cm³/mol. The molecule has 0 N–H and O–H groups in total. The van der Waals surface area contributed by atoms with Crippen LogP contribution in [0.15, 0.2) is 24.3 Å². The zero-order valence-corrected chi connectivity index (χ0v) is 17.1. The second-order valence-corrected chi connectivity index (χ2v) is 7.16. The fraction of sp³-hybridized carbons (Fsp3) is 0.409. The first-order valence-corrected chi connectivity index (χ1v) is 9.52. The molecule has 2 aliphatic heterocycles. The number of methoxy groups -OCH3 is 3. The number of likely N-dealkylation sites (N-methyl/N-ethyl adjacent to an activating group) is 1. The lowest BCUT2D eigenvalue weighted by atomic mass is 9.87. The summed E-state index contributed by atoms with van der Waals surface area (Å²) in [6.07, 6.45) is 1.18. The van der Waals surface area contributed by atoms with E-state index in [0.717, 1.165) is 24.1 Å². The molecule has 2 aromatic carbocycles. The van der Waals surface area contributed by atoms with Gasteiger partial charge in [0.1, 0.15) is 0 Å². The molecule has 0 fully saturated rings. The molecule has 0 amide bonds. The van der Waals surface area contributed by atoms with Gasteiger partial charge in [0.25, 0.3) is 0 Å². The van der Waals surface area contributed by atoms with E-state index in [9.17, 15) is 4.79 Å². The van der Waals surface area contributed by atoms with Crippen molar-refractivity contribution in [1.82, 2.24) is 4.90 Å². The molecule has 1 atom stereocenters. The summed E-state index contributed by atoms with van der Waals surface area (Å²) in [5, 5.41) is 0. The Labute approximate surface area is 170 Å². The molecular formula is C22H25NO6. The minimum atomic E-state index is -0.121. The van der Waals surface area contributed by atoms with Gasteiger partial charge in [0.2, 0.25) is 12.5 Å². The molecular weight excluding hydrogens is 374 g/mol. The standard InChI is InChI=1S/C22H25NO6/c1-23-8-7-14-10-19-21(29-12-28-19)22(27-4)20(14)15(23)11-16(24)13-5-6-17(25-2)18(9-13)26-3/h5-6,9-10,15H,7-8,11-12H2,1-4H3/t15-/m1/s1. The second kappa shape index (κ2) is 7.83. The molecule has 29 heavy (non-hydrogen) atoms. The fourth-order valence-corrected chi connectivity index (χ4v) is 4.09. The highest BCUT2D eigenvalue weighted by atomic mass is 16.7. The van der Waals surface area contributed by atoms with Gasteiger partial charge in [-0.1, -0.05) is 0 Å². The monoisotopic (exact) mass is 399 g/mol. The molecule has 0 bridgehead atoms. The molecule has 0 unspecified atom stereocenters. The molecule has 0 radical (unpaired) electrons. The van der Waals surface area contributed by atoms with E-state index in [2.05, 4.69) is 4.90 Å². The van der Waals surface area contributed by atoms with Crippen molar-refractivity contribution in [2.45, 2.75) is 18.9 Å². The molecule has 0 spiro atoms. The molecule has 0 saturated carbocycles. The van der Waals surface area contributed by atoms with Crippen molar-refractivity contribution >= 4 is 5.78 Å². The summed E-state index contributed by atoms with van der Waals surface area (Å²) in [5.41, 5.74) is 2.72. The Morgan fingerprint density at radius 3 is 2.62 bits per heavy atom. The van der Waals surface area contributed by atoms with Gasteiger partial charge in [-0.3, -0.25) is 9.69 Å². The minimum Gasteiger partial charge on any atom is -0.493 e. The average molecular weight is 399 g/mol. The molecule has 2 heterocycles. The van der Waals surface area contributed by atoms with Gasteiger partial charge in [0.15, 0.2) is 28.8 Å². The lowest BCUT2D eigenvalue weighted by Crippen LogP contribution is -2.34. The van der Waals surface area contributed by atoms with Crippen LogP contribution in [0.4, 0.5) is 0 Å². The zero-order chi connectivity index (χ0) is 20.5. The molecule has 0 aromatic heterocycles. The third kappa shape index (κ3) is 3.35. The van der Waals surface area contributed by atoms with Crippen molar-refractivity contribution < 1.29 is 28.5 Å². The van der Waals surface area contributed by atoms with Crippen molar-refractivity contribution in [2.75, 3.05) is 41.7 Å². The van der Waals surface area contributed by atoms with Crippen LogP contribution in [0.2, 0.25) is 0 Å². The van der Waals surface area contributed by atoms with Crippen LogP contribution in [-0.4, -0.2) is 52.4 Å². The first-order chi connectivity index (χ1) is 14.1. The van der Waals surface area contributed by atoms with Gasteiger partial charge in [-0.05, 0) is 43.3 Å². The van der Waals surface area contributed by atoms with E-state index < -0.39 is 0 Å². The van der Waals surface area contributed by atoms with Crippen molar-refractivity contribution in [3.63, 3.8) is 0 Å². The number of Topliss-reactive ketones (excluding diaryl/α,β-unsaturated/α-hetero) is 1. The number of ether oxygens (including phenoxy) is 5. The quantitative estimate of drug-likeness (QED) is 0.691. The van der Waals surface area contributed by atoms with Crippen LogP contribution in [-0.2, 0) is 6.42 Å². The Kier molecular flexibility index (Phi) is 5.24. The van der Waals surface area contributed by atoms with Crippen LogP contribution in [0.5, 0.6) is 28.7 Å². The van der Waals surface area contributed by atoms with E-state index in [4.69, 9.17) is 23.7 Å². The van der Waals surface area contributed by atoms with Gasteiger partial charge < -0.3 is 23.7 Å². The normalized spacial score (nSPS) is 17.6. The maximum Gasteiger partial charge on any atom is 0.231 e. The van der Waals surface area contributed by atoms with Crippen molar-refractivity contribution in [3.05, 3.63) is 41.0 Å². The minimum absolute atomic E-state index is 0.0235. The Hall–Kier alpha value is -2.93. The summed E-state index contributed by atoms with van der Waals surface area (Å²) >= 11 is 0. The van der Waals surface area contributed by atoms with Crippen molar-refractivity contribution in [2.24, 2.45) is 0 Å². The number of benzene rings is 2. The van der Waals surface area contributed by atoms with Crippen molar-refractivity contribution in [1.29, 1.82) is 0 Å². The highest BCUT2D eigenvalue weighted by Crippen LogP contribution is 2.50. The predicted octanol–water partition coefficient (Wildman–Crippen LogP) is 3.24. The van der Waals surface area contributed by atoms with Crippen molar-refractivity contribution in [3.8, 4) is 28.7 Å². The molecule has 7 nitrogen and oxygen atoms in total. The van der Waals surface area contributed by atoms with Gasteiger partial charge in [-0.15, -0.1) is 0 Å². The number of carbonyl (C=O) groups excluding carboxylic acids is 1. The maximum atomic E-state index is 13.1. The van der Waals surface area contributed by atoms with Crippen LogP contribution >= 0.6 is 0 Å². The smallest absolute Gasteiger partial charge is 0.231 e. The van der Waals surface area contributed by atoms with Crippen LogP contribution in [0.1, 0.15) is 33.9 Å². The third-order valence-electron chi connectivity index (χ3n) is 5.63. The SMILES string of the molecule is COc1ccc(C(=O)C[C@@H]2c3c(cc4c(c3OC)OCO4)CCN2C)cc1OC.